The molecule has 0 bridgehead atoms. The molecule has 1 amide bonds. The molecule has 1 aliphatic heterocycles. The summed E-state index contributed by atoms with van der Waals surface area (Å²) in [5.41, 5.74) is 5.60. The molecule has 144 valence electrons. The van der Waals surface area contributed by atoms with Gasteiger partial charge in [-0.2, -0.15) is 0 Å². The van der Waals surface area contributed by atoms with Crippen molar-refractivity contribution in [2.24, 2.45) is 0 Å². The summed E-state index contributed by atoms with van der Waals surface area (Å²) in [6, 6.07) is 11.9. The second kappa shape index (κ2) is 8.02. The third kappa shape index (κ3) is 3.96. The van der Waals surface area contributed by atoms with Crippen LogP contribution in [-0.4, -0.2) is 28.9 Å². The number of hydrogen-bond donors (Lipinski definition) is 1. The lowest BCUT2D eigenvalue weighted by molar-refractivity contribution is 0.102. The Balaban J connectivity index is 1.57. The number of nitrogens with one attached hydrogen (secondary N) is 1. The molecule has 4 nitrogen and oxygen atoms in total. The van der Waals surface area contributed by atoms with E-state index in [1.54, 1.807) is 0 Å². The minimum atomic E-state index is -0.0990. The van der Waals surface area contributed by atoms with Crippen LogP contribution in [0.4, 0.5) is 5.69 Å². The Labute approximate surface area is 174 Å². The second-order valence-corrected chi connectivity index (χ2v) is 8.47. The van der Waals surface area contributed by atoms with Crippen LogP contribution in [0, 0.1) is 13.8 Å². The van der Waals surface area contributed by atoms with Gasteiger partial charge in [-0.3, -0.25) is 14.7 Å². The van der Waals surface area contributed by atoms with Crippen molar-refractivity contribution in [3.05, 3.63) is 69.3 Å². The van der Waals surface area contributed by atoms with E-state index in [0.717, 1.165) is 38.7 Å². The van der Waals surface area contributed by atoms with E-state index < -0.39 is 0 Å². The lowest BCUT2D eigenvalue weighted by atomic mass is 10.1. The van der Waals surface area contributed by atoms with E-state index in [9.17, 15) is 4.79 Å². The molecule has 0 radical (unpaired) electrons. The number of carbonyl (C=O) groups is 1. The van der Waals surface area contributed by atoms with Gasteiger partial charge in [0.25, 0.3) is 5.91 Å². The number of pyridine rings is 1. The average molecular weight is 438 g/mol. The van der Waals surface area contributed by atoms with E-state index in [1.165, 1.54) is 31.5 Å². The summed E-state index contributed by atoms with van der Waals surface area (Å²) in [6.45, 7) is 7.27. The molecule has 5 heteroatoms. The molecule has 1 aromatic heterocycles. The van der Waals surface area contributed by atoms with Crippen molar-refractivity contribution < 1.29 is 4.79 Å². The van der Waals surface area contributed by atoms with Crippen molar-refractivity contribution in [2.75, 3.05) is 18.4 Å². The van der Waals surface area contributed by atoms with Gasteiger partial charge in [-0.1, -0.05) is 22.0 Å². The Morgan fingerprint density at radius 3 is 2.68 bits per heavy atom. The maximum absolute atomic E-state index is 12.7. The number of aryl methyl sites for hydroxylation is 2. The molecule has 28 heavy (non-hydrogen) atoms. The number of anilines is 1. The number of halogens is 1. The molecule has 1 fully saturated rings. The molecular formula is C23H24BrN3O. The quantitative estimate of drug-likeness (QED) is 0.588. The second-order valence-electron chi connectivity index (χ2n) is 7.55. The van der Waals surface area contributed by atoms with E-state index in [0.29, 0.717) is 5.56 Å². The number of fused-ring (bicyclic) bond motifs is 1. The first-order chi connectivity index (χ1) is 13.5. The van der Waals surface area contributed by atoms with E-state index in [-0.39, 0.29) is 5.91 Å². The van der Waals surface area contributed by atoms with Gasteiger partial charge >= 0.3 is 0 Å². The predicted octanol–water partition coefficient (Wildman–Crippen LogP) is 5.46. The van der Waals surface area contributed by atoms with Crippen LogP contribution in [-0.2, 0) is 6.54 Å². The molecule has 3 aromatic rings. The molecule has 0 aliphatic carbocycles. The number of amides is 1. The first kappa shape index (κ1) is 19.1. The molecule has 1 saturated heterocycles. The molecule has 0 saturated carbocycles. The van der Waals surface area contributed by atoms with E-state index in [4.69, 9.17) is 4.98 Å². The highest BCUT2D eigenvalue weighted by atomic mass is 79.9. The Morgan fingerprint density at radius 1 is 1.14 bits per heavy atom. The molecule has 1 N–H and O–H groups in total. The van der Waals surface area contributed by atoms with E-state index >= 15 is 0 Å². The minimum absolute atomic E-state index is 0.0990. The number of likely N-dealkylation sites (tertiary alicyclic amines) is 1. The van der Waals surface area contributed by atoms with Crippen molar-refractivity contribution >= 4 is 38.4 Å². The number of hydrogen-bond acceptors (Lipinski definition) is 3. The fourth-order valence-electron chi connectivity index (χ4n) is 3.89. The lowest BCUT2D eigenvalue weighted by Crippen LogP contribution is -2.18. The minimum Gasteiger partial charge on any atom is -0.322 e. The summed E-state index contributed by atoms with van der Waals surface area (Å²) in [7, 11) is 0. The molecular weight excluding hydrogens is 414 g/mol. The van der Waals surface area contributed by atoms with Crippen LogP contribution >= 0.6 is 15.9 Å². The van der Waals surface area contributed by atoms with Crippen molar-refractivity contribution in [2.45, 2.75) is 33.2 Å². The van der Waals surface area contributed by atoms with Crippen LogP contribution < -0.4 is 5.32 Å². The number of carbonyl (C=O) groups excluding carboxylic acids is 1. The number of benzene rings is 2. The number of aromatic nitrogens is 1. The molecule has 4 rings (SSSR count). The van der Waals surface area contributed by atoms with E-state index in [1.807, 2.05) is 50.4 Å². The van der Waals surface area contributed by atoms with Gasteiger partial charge in [0.1, 0.15) is 0 Å². The summed E-state index contributed by atoms with van der Waals surface area (Å²) in [4.78, 5) is 19.9. The summed E-state index contributed by atoms with van der Waals surface area (Å²) < 4.78 is 0.970. The highest BCUT2D eigenvalue weighted by molar-refractivity contribution is 9.10. The van der Waals surface area contributed by atoms with Gasteiger partial charge < -0.3 is 5.32 Å². The topological polar surface area (TPSA) is 45.2 Å². The molecule has 1 aliphatic rings. The van der Waals surface area contributed by atoms with Crippen LogP contribution in [0.5, 0.6) is 0 Å². The summed E-state index contributed by atoms with van der Waals surface area (Å²) in [5.74, 6) is -0.0990. The summed E-state index contributed by atoms with van der Waals surface area (Å²) in [5, 5.41) is 4.17. The van der Waals surface area contributed by atoms with Gasteiger partial charge in [-0.15, -0.1) is 0 Å². The Morgan fingerprint density at radius 2 is 1.93 bits per heavy atom. The van der Waals surface area contributed by atoms with Crippen molar-refractivity contribution in [3.8, 4) is 0 Å². The van der Waals surface area contributed by atoms with E-state index in [2.05, 4.69) is 32.2 Å². The van der Waals surface area contributed by atoms with Crippen molar-refractivity contribution in [1.29, 1.82) is 0 Å². The normalized spacial score (nSPS) is 14.5. The molecule has 2 aromatic carbocycles. The fourth-order valence-corrected chi connectivity index (χ4v) is 4.36. The van der Waals surface area contributed by atoms with Gasteiger partial charge in [-0.05, 0) is 86.8 Å². The van der Waals surface area contributed by atoms with Crippen molar-refractivity contribution in [3.63, 3.8) is 0 Å². The third-order valence-electron chi connectivity index (χ3n) is 5.45. The standard InChI is InChI=1S/C23H24BrN3O/c1-15-11-19(24)6-7-20(15)23(28)26-21-8-5-18-12-17(13-25-22(18)16(21)2)14-27-9-3-4-10-27/h5-8,11-13H,3-4,9-10,14H2,1-2H3,(H,26,28). The van der Waals surface area contributed by atoms with Gasteiger partial charge in [0.2, 0.25) is 0 Å². The monoisotopic (exact) mass is 437 g/mol. The van der Waals surface area contributed by atoms with Crippen LogP contribution in [0.15, 0.2) is 47.1 Å². The number of nitrogens with zero attached hydrogens (tertiary/aromatic N) is 2. The van der Waals surface area contributed by atoms with Gasteiger partial charge in [0.15, 0.2) is 0 Å². The van der Waals surface area contributed by atoms with Crippen molar-refractivity contribution in [1.82, 2.24) is 9.88 Å². The Hall–Kier alpha value is -2.24. The predicted molar refractivity (Wildman–Crippen MR) is 118 cm³/mol. The lowest BCUT2D eigenvalue weighted by Gasteiger charge is -2.16. The highest BCUT2D eigenvalue weighted by Crippen LogP contribution is 2.26. The van der Waals surface area contributed by atoms with Crippen LogP contribution in [0.1, 0.15) is 39.9 Å². The zero-order valence-electron chi connectivity index (χ0n) is 16.3. The molecule has 0 spiro atoms. The SMILES string of the molecule is Cc1cc(Br)ccc1C(=O)Nc1ccc2cc(CN3CCCC3)cnc2c1C. The fraction of sp³-hybridized carbons (Fsp3) is 0.304. The summed E-state index contributed by atoms with van der Waals surface area (Å²) >= 11 is 3.44. The molecule has 2 heterocycles. The maximum Gasteiger partial charge on any atom is 0.255 e. The average Bonchev–Trinajstić information content (AvgIpc) is 3.17. The van der Waals surface area contributed by atoms with Gasteiger partial charge in [0.05, 0.1) is 5.52 Å². The van der Waals surface area contributed by atoms with Gasteiger partial charge in [0, 0.05) is 33.9 Å². The number of rotatable bonds is 4. The maximum atomic E-state index is 12.7. The smallest absolute Gasteiger partial charge is 0.255 e. The molecule has 0 unspecified atom stereocenters. The first-order valence-electron chi connectivity index (χ1n) is 9.69. The third-order valence-corrected chi connectivity index (χ3v) is 5.94. The van der Waals surface area contributed by atoms with Crippen LogP contribution in [0.3, 0.4) is 0 Å². The van der Waals surface area contributed by atoms with Crippen LogP contribution in [0.2, 0.25) is 0 Å². The highest BCUT2D eigenvalue weighted by Gasteiger charge is 2.14. The van der Waals surface area contributed by atoms with Crippen LogP contribution in [0.25, 0.3) is 10.9 Å². The zero-order chi connectivity index (χ0) is 19.7. The molecule has 0 atom stereocenters. The zero-order valence-corrected chi connectivity index (χ0v) is 17.8. The summed E-state index contributed by atoms with van der Waals surface area (Å²) in [6.07, 6.45) is 4.56. The Bertz CT molecular complexity index is 1040. The first-order valence-corrected chi connectivity index (χ1v) is 10.5. The Kier molecular flexibility index (Phi) is 5.47. The van der Waals surface area contributed by atoms with Gasteiger partial charge in [-0.25, -0.2) is 0 Å². The largest absolute Gasteiger partial charge is 0.322 e.